The van der Waals surface area contributed by atoms with Crippen molar-refractivity contribution < 1.29 is 0 Å². The molecule has 0 aromatic carbocycles. The van der Waals surface area contributed by atoms with Crippen LogP contribution in [0.25, 0.3) is 0 Å². The lowest BCUT2D eigenvalue weighted by atomic mass is 10.3. The Morgan fingerprint density at radius 3 is 2.67 bits per heavy atom. The zero-order valence-electron chi connectivity index (χ0n) is 4.94. The highest BCUT2D eigenvalue weighted by Crippen LogP contribution is 2.19. The number of nitrogens with one attached hydrogen (secondary N) is 1. The number of thiophene rings is 1. The van der Waals surface area contributed by atoms with Crippen LogP contribution < -0.4 is 0 Å². The van der Waals surface area contributed by atoms with Gasteiger partial charge in [0.25, 0.3) is 0 Å². The predicted octanol–water partition coefficient (Wildman–Crippen LogP) is 2.90. The molecule has 1 rings (SSSR count). The standard InChI is InChI=1S/C6H6BrNS/c1-4(8)6-2-5(7)3-9-6/h2-3,8H,1H3. The lowest BCUT2D eigenvalue weighted by molar-refractivity contribution is 1.49. The van der Waals surface area contributed by atoms with Gasteiger partial charge in [-0.2, -0.15) is 0 Å². The minimum absolute atomic E-state index is 0.630. The Morgan fingerprint density at radius 1 is 1.78 bits per heavy atom. The molecule has 0 saturated heterocycles. The summed E-state index contributed by atoms with van der Waals surface area (Å²) in [5, 5.41) is 9.22. The summed E-state index contributed by atoms with van der Waals surface area (Å²) < 4.78 is 1.06. The summed E-state index contributed by atoms with van der Waals surface area (Å²) in [6.45, 7) is 1.79. The maximum atomic E-state index is 7.24. The molecule has 1 aromatic rings. The molecular weight excluding hydrogens is 198 g/mol. The molecule has 0 radical (unpaired) electrons. The van der Waals surface area contributed by atoms with Crippen LogP contribution in [-0.4, -0.2) is 5.71 Å². The highest BCUT2D eigenvalue weighted by Gasteiger charge is 1.96. The molecule has 0 fully saturated rings. The van der Waals surface area contributed by atoms with E-state index in [9.17, 15) is 0 Å². The zero-order valence-corrected chi connectivity index (χ0v) is 7.34. The van der Waals surface area contributed by atoms with Gasteiger partial charge in [-0.25, -0.2) is 0 Å². The van der Waals surface area contributed by atoms with Crippen LogP contribution in [0.1, 0.15) is 11.8 Å². The van der Waals surface area contributed by atoms with Gasteiger partial charge >= 0.3 is 0 Å². The van der Waals surface area contributed by atoms with Gasteiger partial charge in [-0.05, 0) is 28.9 Å². The van der Waals surface area contributed by atoms with E-state index >= 15 is 0 Å². The Labute approximate surface area is 66.4 Å². The lowest BCUT2D eigenvalue weighted by Gasteiger charge is -1.84. The van der Waals surface area contributed by atoms with Crippen LogP contribution >= 0.6 is 27.3 Å². The van der Waals surface area contributed by atoms with Crippen molar-refractivity contribution in [1.29, 1.82) is 5.41 Å². The number of rotatable bonds is 1. The normalized spacial score (nSPS) is 9.56. The first-order valence-corrected chi connectivity index (χ1v) is 4.17. The van der Waals surface area contributed by atoms with Crippen LogP contribution in [0.2, 0.25) is 0 Å². The molecule has 0 amide bonds. The van der Waals surface area contributed by atoms with E-state index in [0.29, 0.717) is 5.71 Å². The van der Waals surface area contributed by atoms with Crippen molar-refractivity contribution in [2.75, 3.05) is 0 Å². The lowest BCUT2D eigenvalue weighted by Crippen LogP contribution is -1.83. The minimum atomic E-state index is 0.630. The third-order valence-corrected chi connectivity index (χ3v) is 2.75. The van der Waals surface area contributed by atoms with Crippen molar-refractivity contribution in [2.24, 2.45) is 0 Å². The molecule has 1 heterocycles. The molecule has 0 spiro atoms. The average molecular weight is 204 g/mol. The Balaban J connectivity index is 2.98. The summed E-state index contributed by atoms with van der Waals surface area (Å²) in [5.74, 6) is 0. The van der Waals surface area contributed by atoms with E-state index in [-0.39, 0.29) is 0 Å². The van der Waals surface area contributed by atoms with Crippen molar-refractivity contribution in [2.45, 2.75) is 6.92 Å². The fraction of sp³-hybridized carbons (Fsp3) is 0.167. The second-order valence-electron chi connectivity index (χ2n) is 1.75. The third kappa shape index (κ3) is 1.63. The minimum Gasteiger partial charge on any atom is -0.304 e. The van der Waals surface area contributed by atoms with E-state index in [1.54, 1.807) is 18.3 Å². The summed E-state index contributed by atoms with van der Waals surface area (Å²) in [6.07, 6.45) is 0. The van der Waals surface area contributed by atoms with Gasteiger partial charge in [0.15, 0.2) is 0 Å². The van der Waals surface area contributed by atoms with E-state index in [4.69, 9.17) is 5.41 Å². The second-order valence-corrected chi connectivity index (χ2v) is 3.58. The molecule has 3 heteroatoms. The quantitative estimate of drug-likeness (QED) is 0.680. The summed E-state index contributed by atoms with van der Waals surface area (Å²) >= 11 is 4.90. The Morgan fingerprint density at radius 2 is 2.44 bits per heavy atom. The van der Waals surface area contributed by atoms with Crippen molar-refractivity contribution in [3.05, 3.63) is 20.8 Å². The van der Waals surface area contributed by atoms with Crippen molar-refractivity contribution in [3.8, 4) is 0 Å². The van der Waals surface area contributed by atoms with E-state index in [0.717, 1.165) is 9.35 Å². The molecule has 1 aromatic heterocycles. The van der Waals surface area contributed by atoms with Gasteiger partial charge in [-0.3, -0.25) is 0 Å². The largest absolute Gasteiger partial charge is 0.304 e. The van der Waals surface area contributed by atoms with Crippen LogP contribution in [-0.2, 0) is 0 Å². The van der Waals surface area contributed by atoms with Crippen molar-refractivity contribution >= 4 is 33.0 Å². The molecule has 0 saturated carbocycles. The summed E-state index contributed by atoms with van der Waals surface area (Å²) in [4.78, 5) is 1.03. The molecule has 48 valence electrons. The van der Waals surface area contributed by atoms with Crippen molar-refractivity contribution in [1.82, 2.24) is 0 Å². The molecule has 0 aliphatic rings. The Bertz CT molecular complexity index is 229. The second kappa shape index (κ2) is 2.62. The number of hydrogen-bond donors (Lipinski definition) is 1. The first-order valence-electron chi connectivity index (χ1n) is 2.49. The SMILES string of the molecule is CC(=N)c1cc(Br)cs1. The highest BCUT2D eigenvalue weighted by molar-refractivity contribution is 9.10. The molecule has 1 nitrogen and oxygen atoms in total. The molecule has 9 heavy (non-hydrogen) atoms. The Hall–Kier alpha value is -0.150. The van der Waals surface area contributed by atoms with Gasteiger partial charge in [-0.1, -0.05) is 0 Å². The molecular formula is C6H6BrNS. The zero-order chi connectivity index (χ0) is 6.85. The van der Waals surface area contributed by atoms with Gasteiger partial charge in [0.05, 0.1) is 0 Å². The third-order valence-electron chi connectivity index (χ3n) is 0.937. The van der Waals surface area contributed by atoms with Gasteiger partial charge in [0.2, 0.25) is 0 Å². The maximum Gasteiger partial charge on any atom is 0.0486 e. The van der Waals surface area contributed by atoms with Crippen LogP contribution in [0.5, 0.6) is 0 Å². The van der Waals surface area contributed by atoms with Crippen LogP contribution in [0.4, 0.5) is 0 Å². The molecule has 0 aliphatic carbocycles. The summed E-state index contributed by atoms with van der Waals surface area (Å²) in [7, 11) is 0. The molecule has 0 atom stereocenters. The van der Waals surface area contributed by atoms with Crippen LogP contribution in [0.15, 0.2) is 15.9 Å². The maximum absolute atomic E-state index is 7.24. The Kier molecular flexibility index (Phi) is 2.03. The van der Waals surface area contributed by atoms with Crippen LogP contribution in [0, 0.1) is 5.41 Å². The predicted molar refractivity (Wildman–Crippen MR) is 44.5 cm³/mol. The van der Waals surface area contributed by atoms with Gasteiger partial charge < -0.3 is 5.41 Å². The molecule has 1 N–H and O–H groups in total. The monoisotopic (exact) mass is 203 g/mol. The fourth-order valence-electron chi connectivity index (χ4n) is 0.510. The van der Waals surface area contributed by atoms with Gasteiger partial charge in [0.1, 0.15) is 0 Å². The van der Waals surface area contributed by atoms with Gasteiger partial charge in [-0.15, -0.1) is 11.3 Å². The molecule has 0 aliphatic heterocycles. The van der Waals surface area contributed by atoms with E-state index < -0.39 is 0 Å². The van der Waals surface area contributed by atoms with E-state index in [2.05, 4.69) is 15.9 Å². The van der Waals surface area contributed by atoms with E-state index in [1.807, 2.05) is 11.4 Å². The van der Waals surface area contributed by atoms with Crippen LogP contribution in [0.3, 0.4) is 0 Å². The summed E-state index contributed by atoms with van der Waals surface area (Å²) in [5.41, 5.74) is 0.630. The number of hydrogen-bond acceptors (Lipinski definition) is 2. The smallest absolute Gasteiger partial charge is 0.0486 e. The fourth-order valence-corrected chi connectivity index (χ4v) is 1.85. The van der Waals surface area contributed by atoms with Crippen molar-refractivity contribution in [3.63, 3.8) is 0 Å². The summed E-state index contributed by atoms with van der Waals surface area (Å²) in [6, 6.07) is 1.95. The van der Waals surface area contributed by atoms with E-state index in [1.165, 1.54) is 0 Å². The number of halogens is 1. The highest BCUT2D eigenvalue weighted by atomic mass is 79.9. The average Bonchev–Trinajstić information content (AvgIpc) is 2.14. The molecule has 0 unspecified atom stereocenters. The topological polar surface area (TPSA) is 23.9 Å². The first-order chi connectivity index (χ1) is 4.20. The first kappa shape index (κ1) is 6.96. The van der Waals surface area contributed by atoms with Gasteiger partial charge in [0, 0.05) is 20.4 Å². The molecule has 0 bridgehead atoms.